The van der Waals surface area contributed by atoms with Crippen LogP contribution in [0.3, 0.4) is 0 Å². The molecule has 96 valence electrons. The van der Waals surface area contributed by atoms with Gasteiger partial charge in [0.2, 0.25) is 5.91 Å². The number of fused-ring (bicyclic) bond motifs is 2. The lowest BCUT2D eigenvalue weighted by molar-refractivity contribution is -0.117. The van der Waals surface area contributed by atoms with Crippen molar-refractivity contribution in [1.82, 2.24) is 0 Å². The molecule has 3 rings (SSSR count). The summed E-state index contributed by atoms with van der Waals surface area (Å²) in [4.78, 5) is 11.8. The molecule has 2 heterocycles. The molecule has 2 aliphatic heterocycles. The van der Waals surface area contributed by atoms with Gasteiger partial charge in [-0.1, -0.05) is 20.8 Å². The lowest BCUT2D eigenvalue weighted by Crippen LogP contribution is -2.27. The summed E-state index contributed by atoms with van der Waals surface area (Å²) in [6.45, 7) is 6.41. The zero-order valence-electron chi connectivity index (χ0n) is 11.0. The number of anilines is 3. The summed E-state index contributed by atoms with van der Waals surface area (Å²) in [7, 11) is 0. The topological polar surface area (TPSA) is 53.2 Å². The predicted molar refractivity (Wildman–Crippen MR) is 74.0 cm³/mol. The van der Waals surface area contributed by atoms with Gasteiger partial charge in [-0.25, -0.2) is 0 Å². The Balaban J connectivity index is 1.97. The number of benzene rings is 1. The normalized spacial score (nSPS) is 24.3. The number of hydrogen-bond donors (Lipinski definition) is 3. The molecule has 18 heavy (non-hydrogen) atoms. The first-order chi connectivity index (χ1) is 8.60. The van der Waals surface area contributed by atoms with Gasteiger partial charge < -0.3 is 16.0 Å². The Hall–Kier alpha value is -1.71. The number of carbonyl (C=O) groups excluding carboxylic acids is 1. The minimum Gasteiger partial charge on any atom is -0.363 e. The van der Waals surface area contributed by atoms with Crippen LogP contribution in [0.5, 0.6) is 0 Å². The van der Waals surface area contributed by atoms with E-state index in [0.717, 1.165) is 29.0 Å². The van der Waals surface area contributed by atoms with Crippen LogP contribution >= 0.6 is 0 Å². The van der Waals surface area contributed by atoms with Gasteiger partial charge in [0.25, 0.3) is 0 Å². The van der Waals surface area contributed by atoms with Crippen LogP contribution in [-0.4, -0.2) is 12.1 Å². The fraction of sp³-hybridized carbons (Fsp3) is 0.500. The SMILES string of the molecule is CCC1C(=O)Nc2cc3c(cc21)NC(C(C)C)N3. The van der Waals surface area contributed by atoms with Crippen LogP contribution in [0.25, 0.3) is 0 Å². The second-order valence-electron chi connectivity index (χ2n) is 5.45. The molecule has 0 bridgehead atoms. The van der Waals surface area contributed by atoms with Gasteiger partial charge in [0.05, 0.1) is 23.5 Å². The van der Waals surface area contributed by atoms with Crippen molar-refractivity contribution in [2.45, 2.75) is 39.3 Å². The van der Waals surface area contributed by atoms with Crippen LogP contribution in [0.2, 0.25) is 0 Å². The van der Waals surface area contributed by atoms with Gasteiger partial charge in [0.1, 0.15) is 0 Å². The monoisotopic (exact) mass is 245 g/mol. The molecule has 1 amide bonds. The third-order valence-electron chi connectivity index (χ3n) is 3.84. The van der Waals surface area contributed by atoms with Gasteiger partial charge in [0.15, 0.2) is 0 Å². The van der Waals surface area contributed by atoms with Crippen molar-refractivity contribution in [2.24, 2.45) is 5.92 Å². The smallest absolute Gasteiger partial charge is 0.231 e. The Morgan fingerprint density at radius 1 is 1.17 bits per heavy atom. The molecule has 3 N–H and O–H groups in total. The second-order valence-corrected chi connectivity index (χ2v) is 5.45. The van der Waals surface area contributed by atoms with E-state index in [4.69, 9.17) is 0 Å². The van der Waals surface area contributed by atoms with Gasteiger partial charge >= 0.3 is 0 Å². The fourth-order valence-electron chi connectivity index (χ4n) is 2.72. The van der Waals surface area contributed by atoms with E-state index in [-0.39, 0.29) is 18.0 Å². The Labute approximate surface area is 107 Å². The molecule has 1 aromatic rings. The lowest BCUT2D eigenvalue weighted by Gasteiger charge is -2.15. The number of rotatable bonds is 2. The van der Waals surface area contributed by atoms with E-state index >= 15 is 0 Å². The Bertz CT molecular complexity index is 510. The third-order valence-corrected chi connectivity index (χ3v) is 3.84. The highest BCUT2D eigenvalue weighted by Crippen LogP contribution is 2.42. The first-order valence-corrected chi connectivity index (χ1v) is 6.62. The van der Waals surface area contributed by atoms with E-state index in [9.17, 15) is 4.79 Å². The zero-order chi connectivity index (χ0) is 12.9. The lowest BCUT2D eigenvalue weighted by atomic mass is 9.97. The van der Waals surface area contributed by atoms with E-state index in [1.54, 1.807) is 0 Å². The van der Waals surface area contributed by atoms with E-state index in [1.807, 2.05) is 6.07 Å². The maximum atomic E-state index is 11.8. The van der Waals surface area contributed by atoms with Crippen LogP contribution < -0.4 is 16.0 Å². The van der Waals surface area contributed by atoms with Gasteiger partial charge in [-0.15, -0.1) is 0 Å². The zero-order valence-corrected chi connectivity index (χ0v) is 11.0. The van der Waals surface area contributed by atoms with E-state index in [2.05, 4.69) is 42.8 Å². The molecule has 0 spiro atoms. The van der Waals surface area contributed by atoms with Crippen LogP contribution in [0, 0.1) is 5.92 Å². The molecule has 0 aliphatic carbocycles. The Morgan fingerprint density at radius 2 is 1.83 bits per heavy atom. The predicted octanol–water partition coefficient (Wildman–Crippen LogP) is 2.95. The molecule has 2 aliphatic rings. The van der Waals surface area contributed by atoms with Crippen LogP contribution in [0.4, 0.5) is 17.1 Å². The standard InChI is InChI=1S/C14H19N3O/c1-4-8-9-5-11-12(6-10(9)17-14(8)18)16-13(15-11)7(2)3/h5-8,13,15-16H,4H2,1-3H3,(H,17,18). The number of amides is 1. The molecule has 0 saturated carbocycles. The Kier molecular flexibility index (Phi) is 2.47. The van der Waals surface area contributed by atoms with E-state index in [0.29, 0.717) is 5.92 Å². The molecule has 2 unspecified atom stereocenters. The molecule has 0 radical (unpaired) electrons. The molecule has 4 heteroatoms. The fourth-order valence-corrected chi connectivity index (χ4v) is 2.72. The van der Waals surface area contributed by atoms with Gasteiger partial charge in [-0.2, -0.15) is 0 Å². The third kappa shape index (κ3) is 1.55. The van der Waals surface area contributed by atoms with Crippen molar-refractivity contribution < 1.29 is 4.79 Å². The maximum Gasteiger partial charge on any atom is 0.231 e. The van der Waals surface area contributed by atoms with Gasteiger partial charge in [-0.05, 0) is 30.0 Å². The molecule has 0 fully saturated rings. The van der Waals surface area contributed by atoms with Crippen molar-refractivity contribution in [1.29, 1.82) is 0 Å². The molecule has 0 aromatic heterocycles. The minimum atomic E-state index is 0.00481. The Morgan fingerprint density at radius 3 is 2.44 bits per heavy atom. The minimum absolute atomic E-state index is 0.00481. The highest BCUT2D eigenvalue weighted by molar-refractivity contribution is 6.04. The van der Waals surface area contributed by atoms with E-state index in [1.165, 1.54) is 0 Å². The molecule has 2 atom stereocenters. The molecular weight excluding hydrogens is 226 g/mol. The van der Waals surface area contributed by atoms with Crippen molar-refractivity contribution in [3.63, 3.8) is 0 Å². The van der Waals surface area contributed by atoms with E-state index < -0.39 is 0 Å². The van der Waals surface area contributed by atoms with Crippen molar-refractivity contribution >= 4 is 23.0 Å². The highest BCUT2D eigenvalue weighted by Gasteiger charge is 2.32. The summed E-state index contributed by atoms with van der Waals surface area (Å²) in [6.07, 6.45) is 1.12. The van der Waals surface area contributed by atoms with Gasteiger partial charge in [0, 0.05) is 5.69 Å². The number of carbonyl (C=O) groups is 1. The summed E-state index contributed by atoms with van der Waals surface area (Å²) in [5.41, 5.74) is 4.29. The van der Waals surface area contributed by atoms with Crippen molar-refractivity contribution in [2.75, 3.05) is 16.0 Å². The van der Waals surface area contributed by atoms with Crippen molar-refractivity contribution in [3.8, 4) is 0 Å². The van der Waals surface area contributed by atoms with Crippen LogP contribution in [0.1, 0.15) is 38.7 Å². The summed E-state index contributed by atoms with van der Waals surface area (Å²) in [5.74, 6) is 0.644. The largest absolute Gasteiger partial charge is 0.363 e. The summed E-state index contributed by atoms with van der Waals surface area (Å²) < 4.78 is 0. The highest BCUT2D eigenvalue weighted by atomic mass is 16.2. The average molecular weight is 245 g/mol. The second kappa shape index (κ2) is 3.90. The first-order valence-electron chi connectivity index (χ1n) is 6.62. The molecule has 4 nitrogen and oxygen atoms in total. The maximum absolute atomic E-state index is 11.8. The van der Waals surface area contributed by atoms with Crippen LogP contribution in [0.15, 0.2) is 12.1 Å². The summed E-state index contributed by atoms with van der Waals surface area (Å²) in [5, 5.41) is 9.89. The summed E-state index contributed by atoms with van der Waals surface area (Å²) in [6, 6.07) is 4.17. The number of hydrogen-bond acceptors (Lipinski definition) is 3. The number of nitrogens with one attached hydrogen (secondary N) is 3. The molecule has 1 aromatic carbocycles. The molecule has 0 saturated heterocycles. The average Bonchev–Trinajstić information content (AvgIpc) is 2.85. The van der Waals surface area contributed by atoms with Crippen molar-refractivity contribution in [3.05, 3.63) is 17.7 Å². The molecular formula is C14H19N3O. The van der Waals surface area contributed by atoms with Gasteiger partial charge in [-0.3, -0.25) is 4.79 Å². The first kappa shape index (κ1) is 11.4. The van der Waals surface area contributed by atoms with Crippen LogP contribution in [-0.2, 0) is 4.79 Å². The quantitative estimate of drug-likeness (QED) is 0.751. The summed E-state index contributed by atoms with van der Waals surface area (Å²) >= 11 is 0.